The molecule has 0 spiro atoms. The zero-order chi connectivity index (χ0) is 24.2. The summed E-state index contributed by atoms with van der Waals surface area (Å²) in [5, 5.41) is 22.3. The number of ether oxygens (including phenoxy) is 1. The average Bonchev–Trinajstić information content (AvgIpc) is 2.72. The van der Waals surface area contributed by atoms with Crippen LogP contribution in [0.1, 0.15) is 31.9 Å². The molecule has 0 fully saturated rings. The first-order valence-electron chi connectivity index (χ1n) is 9.25. The van der Waals surface area contributed by atoms with Crippen LogP contribution in [0.15, 0.2) is 36.1 Å². The molecule has 0 aliphatic heterocycles. The second kappa shape index (κ2) is 9.68. The Balaban J connectivity index is 2.62. The Morgan fingerprint density at radius 3 is 2.00 bits per heavy atom. The number of hydrogen-bond donors (Lipinski definition) is 2. The predicted molar refractivity (Wildman–Crippen MR) is 105 cm³/mol. The Hall–Kier alpha value is -3.61. The molecule has 32 heavy (non-hydrogen) atoms. The van der Waals surface area contributed by atoms with Gasteiger partial charge in [0.15, 0.2) is 23.3 Å². The highest BCUT2D eigenvalue weighted by Gasteiger charge is 2.32. The molecule has 0 unspecified atom stereocenters. The van der Waals surface area contributed by atoms with Crippen molar-refractivity contribution in [2.45, 2.75) is 38.8 Å². The number of hydrogen-bond acceptors (Lipinski definition) is 4. The van der Waals surface area contributed by atoms with Crippen LogP contribution < -0.4 is 5.32 Å². The Morgan fingerprint density at radius 1 is 1.03 bits per heavy atom. The zero-order valence-corrected chi connectivity index (χ0v) is 17.3. The van der Waals surface area contributed by atoms with Crippen molar-refractivity contribution in [3.8, 4) is 6.07 Å². The van der Waals surface area contributed by atoms with Crippen LogP contribution in [-0.4, -0.2) is 22.8 Å². The fraction of sp³-hybridized carbons (Fsp3) is 0.273. The predicted octanol–water partition coefficient (Wildman–Crippen LogP) is 5.31. The molecule has 0 aliphatic rings. The lowest BCUT2D eigenvalue weighted by Crippen LogP contribution is -2.41. The number of allylic oxidation sites excluding steroid dienone is 1. The maximum absolute atomic E-state index is 14.2. The smallest absolute Gasteiger partial charge is 0.408 e. The average molecular weight is 454 g/mol. The van der Waals surface area contributed by atoms with Gasteiger partial charge >= 0.3 is 6.09 Å². The van der Waals surface area contributed by atoms with Gasteiger partial charge in [-0.05, 0) is 26.3 Å². The van der Waals surface area contributed by atoms with Gasteiger partial charge in [-0.25, -0.2) is 26.7 Å². The first-order chi connectivity index (χ1) is 14.9. The van der Waals surface area contributed by atoms with Gasteiger partial charge in [-0.3, -0.25) is 0 Å². The molecule has 5 nitrogen and oxygen atoms in total. The van der Waals surface area contributed by atoms with Crippen LogP contribution in [-0.2, 0) is 11.2 Å². The summed E-state index contributed by atoms with van der Waals surface area (Å²) >= 11 is 0. The number of aliphatic hydroxyl groups is 1. The molecule has 1 amide bonds. The largest absolute Gasteiger partial charge is 0.509 e. The molecule has 2 aromatic carbocycles. The van der Waals surface area contributed by atoms with E-state index in [0.717, 1.165) is 0 Å². The normalized spacial score (nSPS) is 13.1. The summed E-state index contributed by atoms with van der Waals surface area (Å²) < 4.78 is 74.2. The number of aliphatic hydroxyl groups excluding tert-OH is 1. The number of nitrogens with zero attached hydrogens (tertiary/aromatic N) is 1. The lowest BCUT2D eigenvalue weighted by Gasteiger charge is -2.24. The molecule has 1 atom stereocenters. The van der Waals surface area contributed by atoms with Gasteiger partial charge in [-0.15, -0.1) is 0 Å². The second-order valence-electron chi connectivity index (χ2n) is 7.71. The van der Waals surface area contributed by atoms with E-state index in [0.29, 0.717) is 5.56 Å². The van der Waals surface area contributed by atoms with Gasteiger partial charge in [-0.1, -0.05) is 30.3 Å². The first-order valence-corrected chi connectivity index (χ1v) is 9.25. The van der Waals surface area contributed by atoms with E-state index in [1.165, 1.54) is 6.07 Å². The molecule has 2 N–H and O–H groups in total. The van der Waals surface area contributed by atoms with Crippen molar-refractivity contribution in [3.63, 3.8) is 0 Å². The molecule has 170 valence electrons. The van der Waals surface area contributed by atoms with E-state index < -0.39 is 63.7 Å². The van der Waals surface area contributed by atoms with E-state index in [9.17, 15) is 37.1 Å². The van der Waals surface area contributed by atoms with Crippen LogP contribution in [0.25, 0.3) is 5.57 Å². The molecule has 0 heterocycles. The number of benzene rings is 2. The minimum Gasteiger partial charge on any atom is -0.509 e. The van der Waals surface area contributed by atoms with Gasteiger partial charge in [0.05, 0.1) is 11.6 Å². The van der Waals surface area contributed by atoms with E-state index in [1.54, 1.807) is 51.1 Å². The minimum atomic E-state index is -2.41. The van der Waals surface area contributed by atoms with Crippen LogP contribution in [0.3, 0.4) is 0 Å². The Labute approximate surface area is 180 Å². The Morgan fingerprint density at radius 2 is 1.53 bits per heavy atom. The Bertz CT molecular complexity index is 1060. The van der Waals surface area contributed by atoms with Crippen molar-refractivity contribution in [1.29, 1.82) is 5.26 Å². The lowest BCUT2D eigenvalue weighted by atomic mass is 9.97. The number of nitriles is 1. The SMILES string of the molecule is CC(C)(C)OC(=O)N[C@@H](Cc1ccccc1)/C(O)=C(/C#N)c1c(F)c(F)c(F)c(F)c1F. The van der Waals surface area contributed by atoms with E-state index in [4.69, 9.17) is 4.74 Å². The highest BCUT2D eigenvalue weighted by atomic mass is 19.2. The van der Waals surface area contributed by atoms with Gasteiger partial charge in [0.1, 0.15) is 23.0 Å². The molecule has 0 aromatic heterocycles. The van der Waals surface area contributed by atoms with E-state index in [2.05, 4.69) is 5.32 Å². The topological polar surface area (TPSA) is 82.3 Å². The van der Waals surface area contributed by atoms with Crippen molar-refractivity contribution in [3.05, 3.63) is 76.3 Å². The van der Waals surface area contributed by atoms with Gasteiger partial charge < -0.3 is 15.2 Å². The second-order valence-corrected chi connectivity index (χ2v) is 7.71. The van der Waals surface area contributed by atoms with Gasteiger partial charge in [0, 0.05) is 6.42 Å². The van der Waals surface area contributed by atoms with Crippen molar-refractivity contribution in [2.24, 2.45) is 0 Å². The third-order valence-electron chi connectivity index (χ3n) is 4.13. The summed E-state index contributed by atoms with van der Waals surface area (Å²) in [5.74, 6) is -12.7. The van der Waals surface area contributed by atoms with Gasteiger partial charge in [0.25, 0.3) is 0 Å². The highest BCUT2D eigenvalue weighted by Crippen LogP contribution is 2.30. The summed E-state index contributed by atoms with van der Waals surface area (Å²) in [6.07, 6.45) is -1.23. The molecular formula is C22H19F5N2O3. The van der Waals surface area contributed by atoms with E-state index in [-0.39, 0.29) is 6.42 Å². The first kappa shape index (κ1) is 24.7. The number of alkyl carbamates (subject to hydrolysis) is 1. The van der Waals surface area contributed by atoms with Crippen LogP contribution in [0, 0.1) is 40.4 Å². The number of rotatable bonds is 5. The quantitative estimate of drug-likeness (QED) is 0.211. The van der Waals surface area contributed by atoms with E-state index in [1.807, 2.05) is 0 Å². The maximum Gasteiger partial charge on any atom is 0.408 e. The summed E-state index contributed by atoms with van der Waals surface area (Å²) in [4.78, 5) is 12.2. The van der Waals surface area contributed by atoms with E-state index >= 15 is 0 Å². The van der Waals surface area contributed by atoms with Gasteiger partial charge in [0.2, 0.25) is 5.82 Å². The third kappa shape index (κ3) is 5.55. The fourth-order valence-electron chi connectivity index (χ4n) is 2.76. The number of halogens is 5. The van der Waals surface area contributed by atoms with Crippen LogP contribution >= 0.6 is 0 Å². The van der Waals surface area contributed by atoms with Gasteiger partial charge in [-0.2, -0.15) is 5.26 Å². The van der Waals surface area contributed by atoms with Crippen LogP contribution in [0.5, 0.6) is 0 Å². The fourth-order valence-corrected chi connectivity index (χ4v) is 2.76. The molecule has 10 heteroatoms. The number of nitrogens with one attached hydrogen (secondary N) is 1. The summed E-state index contributed by atoms with van der Waals surface area (Å²) in [7, 11) is 0. The molecule has 2 aromatic rings. The van der Waals surface area contributed by atoms with Crippen LogP contribution in [0.2, 0.25) is 0 Å². The standard InChI is InChI=1S/C22H19F5N2O3/c1-22(2,3)32-21(31)29-13(9-11-7-5-4-6-8-11)20(30)12(10-28)14-15(23)17(25)19(27)18(26)16(14)24/h4-8,13,30H,9H2,1-3H3,(H,29,31)/b20-12+/t13-/m0/s1. The molecule has 0 saturated heterocycles. The molecule has 0 aliphatic carbocycles. The number of carbonyl (C=O) groups is 1. The van der Waals surface area contributed by atoms with Crippen molar-refractivity contribution < 1.29 is 36.6 Å². The lowest BCUT2D eigenvalue weighted by molar-refractivity contribution is 0.0502. The van der Waals surface area contributed by atoms with Crippen molar-refractivity contribution >= 4 is 11.7 Å². The molecule has 0 radical (unpaired) electrons. The minimum absolute atomic E-state index is 0.188. The highest BCUT2D eigenvalue weighted by molar-refractivity contribution is 5.80. The molecule has 0 saturated carbocycles. The van der Waals surface area contributed by atoms with Crippen molar-refractivity contribution in [1.82, 2.24) is 5.32 Å². The summed E-state index contributed by atoms with van der Waals surface area (Å²) in [6.45, 7) is 4.68. The summed E-state index contributed by atoms with van der Waals surface area (Å²) in [6, 6.07) is 7.93. The Kier molecular flexibility index (Phi) is 7.46. The van der Waals surface area contributed by atoms with Crippen LogP contribution in [0.4, 0.5) is 26.7 Å². The third-order valence-corrected chi connectivity index (χ3v) is 4.13. The maximum atomic E-state index is 14.2. The van der Waals surface area contributed by atoms with Crippen molar-refractivity contribution in [2.75, 3.05) is 0 Å². The zero-order valence-electron chi connectivity index (χ0n) is 17.3. The summed E-state index contributed by atoms with van der Waals surface area (Å²) in [5.41, 5.74) is -3.25. The molecule has 0 bridgehead atoms. The number of amides is 1. The number of carbonyl (C=O) groups excluding carboxylic acids is 1. The molecular weight excluding hydrogens is 435 g/mol. The molecule has 2 rings (SSSR count). The monoisotopic (exact) mass is 454 g/mol.